The fraction of sp³-hybridized carbons (Fsp3) is 0.190. The van der Waals surface area contributed by atoms with Crippen molar-refractivity contribution in [1.82, 2.24) is 0 Å². The van der Waals surface area contributed by atoms with Gasteiger partial charge in [-0.05, 0) is 43.0 Å². The summed E-state index contributed by atoms with van der Waals surface area (Å²) in [5.74, 6) is -0.0654. The van der Waals surface area contributed by atoms with Crippen LogP contribution in [0.2, 0.25) is 5.02 Å². The second-order valence-electron chi connectivity index (χ2n) is 6.38. The Morgan fingerprint density at radius 3 is 2.50 bits per heavy atom. The number of thiophene rings is 1. The predicted octanol–water partition coefficient (Wildman–Crippen LogP) is 4.31. The van der Waals surface area contributed by atoms with E-state index in [4.69, 9.17) is 11.6 Å². The van der Waals surface area contributed by atoms with Crippen LogP contribution in [0.3, 0.4) is 0 Å². The minimum absolute atomic E-state index is 0.0654. The van der Waals surface area contributed by atoms with Gasteiger partial charge < -0.3 is 10.6 Å². The van der Waals surface area contributed by atoms with Gasteiger partial charge in [-0.1, -0.05) is 53.6 Å². The van der Waals surface area contributed by atoms with E-state index in [9.17, 15) is 4.79 Å². The largest absolute Gasteiger partial charge is 0.328 e. The van der Waals surface area contributed by atoms with Gasteiger partial charge in [0.15, 0.2) is 6.54 Å². The highest BCUT2D eigenvalue weighted by molar-refractivity contribution is 7.10. The number of nitrogens with one attached hydrogen (secondary N) is 1. The monoisotopic (exact) mass is 385 g/mol. The average Bonchev–Trinajstić information content (AvgIpc) is 3.13. The molecule has 1 atom stereocenters. The lowest BCUT2D eigenvalue weighted by atomic mass is 10.0. The smallest absolute Gasteiger partial charge is 0.279 e. The van der Waals surface area contributed by atoms with E-state index in [1.165, 1.54) is 16.0 Å². The Labute approximate surface area is 163 Å². The summed E-state index contributed by atoms with van der Waals surface area (Å²) in [6.45, 7) is 4.37. The lowest BCUT2D eigenvalue weighted by Crippen LogP contribution is -2.87. The number of anilines is 1. The van der Waals surface area contributed by atoms with Crippen molar-refractivity contribution < 1.29 is 10.1 Å². The Bertz CT molecular complexity index is 876. The highest BCUT2D eigenvalue weighted by Gasteiger charge is 2.20. The van der Waals surface area contributed by atoms with Crippen LogP contribution in [-0.4, -0.2) is 12.5 Å². The molecule has 2 aromatic carbocycles. The zero-order chi connectivity index (χ0) is 18.5. The number of halogens is 1. The molecule has 1 heterocycles. The molecule has 3 N–H and O–H groups in total. The molecule has 3 rings (SSSR count). The minimum atomic E-state index is -0.0654. The number of rotatable bonds is 6. The van der Waals surface area contributed by atoms with Crippen LogP contribution in [0.15, 0.2) is 60.0 Å². The number of hydrogen-bond acceptors (Lipinski definition) is 2. The van der Waals surface area contributed by atoms with Crippen LogP contribution in [0, 0.1) is 13.8 Å². The maximum Gasteiger partial charge on any atom is 0.279 e. The number of aryl methyl sites for hydroxylation is 2. The molecule has 0 unspecified atom stereocenters. The molecule has 0 radical (unpaired) electrons. The Morgan fingerprint density at radius 1 is 1.12 bits per heavy atom. The van der Waals surface area contributed by atoms with E-state index in [1.807, 2.05) is 31.2 Å². The van der Waals surface area contributed by atoms with Crippen LogP contribution in [0.1, 0.15) is 27.6 Å². The molecule has 0 saturated heterocycles. The van der Waals surface area contributed by atoms with Crippen LogP contribution < -0.4 is 10.6 Å². The lowest BCUT2D eigenvalue weighted by molar-refractivity contribution is -0.675. The SMILES string of the molecule is Cc1ccc([C@H]([NH2+]CC(=O)Nc2ccc(C)cc2Cl)c2cccs2)cc1. The van der Waals surface area contributed by atoms with E-state index in [2.05, 4.69) is 53.3 Å². The van der Waals surface area contributed by atoms with Gasteiger partial charge in [0.25, 0.3) is 5.91 Å². The molecule has 0 spiro atoms. The van der Waals surface area contributed by atoms with E-state index in [1.54, 1.807) is 11.3 Å². The van der Waals surface area contributed by atoms with Crippen molar-refractivity contribution in [3.05, 3.63) is 86.6 Å². The second-order valence-corrected chi connectivity index (χ2v) is 7.76. The maximum atomic E-state index is 12.4. The van der Waals surface area contributed by atoms with Crippen LogP contribution in [-0.2, 0) is 4.79 Å². The average molecular weight is 386 g/mol. The molecule has 5 heteroatoms. The summed E-state index contributed by atoms with van der Waals surface area (Å²) in [5.41, 5.74) is 4.14. The van der Waals surface area contributed by atoms with Crippen molar-refractivity contribution in [1.29, 1.82) is 0 Å². The van der Waals surface area contributed by atoms with Gasteiger partial charge in [-0.3, -0.25) is 4.79 Å². The van der Waals surface area contributed by atoms with Gasteiger partial charge in [0, 0.05) is 5.56 Å². The van der Waals surface area contributed by atoms with Gasteiger partial charge in [0.2, 0.25) is 0 Å². The molecule has 0 aliphatic rings. The van der Waals surface area contributed by atoms with Crippen molar-refractivity contribution in [2.75, 3.05) is 11.9 Å². The van der Waals surface area contributed by atoms with Crippen molar-refractivity contribution in [3.8, 4) is 0 Å². The molecular formula is C21H22ClN2OS+. The first-order chi connectivity index (χ1) is 12.5. The third kappa shape index (κ3) is 4.73. The third-order valence-corrected chi connectivity index (χ3v) is 5.49. The maximum absolute atomic E-state index is 12.4. The number of amides is 1. The standard InChI is InChI=1S/C21H21ClN2OS/c1-14-5-8-16(9-6-14)21(19-4-3-11-26-19)23-13-20(25)24-18-10-7-15(2)12-17(18)22/h3-12,21,23H,13H2,1-2H3,(H,24,25)/p+1/t21-/m0/s1. The molecule has 0 aliphatic carbocycles. The van der Waals surface area contributed by atoms with E-state index in [-0.39, 0.29) is 11.9 Å². The molecule has 3 aromatic rings. The Balaban J connectivity index is 1.69. The molecule has 0 fully saturated rings. The topological polar surface area (TPSA) is 45.7 Å². The van der Waals surface area contributed by atoms with E-state index < -0.39 is 0 Å². The van der Waals surface area contributed by atoms with Crippen molar-refractivity contribution >= 4 is 34.5 Å². The number of hydrogen-bond donors (Lipinski definition) is 2. The normalized spacial score (nSPS) is 12.0. The van der Waals surface area contributed by atoms with Crippen LogP contribution >= 0.6 is 22.9 Å². The number of carbonyl (C=O) groups excluding carboxylic acids is 1. The summed E-state index contributed by atoms with van der Waals surface area (Å²) in [7, 11) is 0. The summed E-state index contributed by atoms with van der Waals surface area (Å²) in [5, 5.41) is 7.59. The Kier molecular flexibility index (Phi) is 6.09. The van der Waals surface area contributed by atoms with E-state index >= 15 is 0 Å². The van der Waals surface area contributed by atoms with Gasteiger partial charge in [-0.25, -0.2) is 0 Å². The fourth-order valence-electron chi connectivity index (χ4n) is 2.81. The summed E-state index contributed by atoms with van der Waals surface area (Å²) >= 11 is 7.91. The van der Waals surface area contributed by atoms with Gasteiger partial charge in [0.1, 0.15) is 6.04 Å². The molecule has 26 heavy (non-hydrogen) atoms. The van der Waals surface area contributed by atoms with Gasteiger partial charge in [-0.15, -0.1) is 11.3 Å². The molecule has 3 nitrogen and oxygen atoms in total. The summed E-state index contributed by atoms with van der Waals surface area (Å²) in [6.07, 6.45) is 0. The van der Waals surface area contributed by atoms with Gasteiger partial charge in [0.05, 0.1) is 15.6 Å². The number of benzene rings is 2. The van der Waals surface area contributed by atoms with E-state index in [0.717, 1.165) is 5.56 Å². The molecule has 1 aromatic heterocycles. The van der Waals surface area contributed by atoms with Gasteiger partial charge >= 0.3 is 0 Å². The zero-order valence-electron chi connectivity index (χ0n) is 14.8. The minimum Gasteiger partial charge on any atom is -0.328 e. The molecule has 0 bridgehead atoms. The van der Waals surface area contributed by atoms with Crippen LogP contribution in [0.4, 0.5) is 5.69 Å². The quantitative estimate of drug-likeness (QED) is 0.652. The van der Waals surface area contributed by atoms with Crippen LogP contribution in [0.25, 0.3) is 0 Å². The van der Waals surface area contributed by atoms with Crippen LogP contribution in [0.5, 0.6) is 0 Å². The third-order valence-electron chi connectivity index (χ3n) is 4.22. The predicted molar refractivity (Wildman–Crippen MR) is 109 cm³/mol. The fourth-order valence-corrected chi connectivity index (χ4v) is 3.94. The molecular weight excluding hydrogens is 364 g/mol. The molecule has 1 amide bonds. The highest BCUT2D eigenvalue weighted by Crippen LogP contribution is 2.24. The first-order valence-corrected chi connectivity index (χ1v) is 9.78. The van der Waals surface area contributed by atoms with Crippen molar-refractivity contribution in [2.45, 2.75) is 19.9 Å². The summed E-state index contributed by atoms with van der Waals surface area (Å²) in [6, 6.07) is 18.4. The van der Waals surface area contributed by atoms with Crippen molar-refractivity contribution in [3.63, 3.8) is 0 Å². The summed E-state index contributed by atoms with van der Waals surface area (Å²) in [4.78, 5) is 13.6. The number of quaternary nitrogens is 1. The molecule has 0 aliphatic heterocycles. The Morgan fingerprint density at radius 2 is 1.85 bits per heavy atom. The summed E-state index contributed by atoms with van der Waals surface area (Å²) < 4.78 is 0. The molecule has 0 saturated carbocycles. The first kappa shape index (κ1) is 18.6. The number of nitrogens with two attached hydrogens (primary N) is 1. The van der Waals surface area contributed by atoms with Gasteiger partial charge in [-0.2, -0.15) is 0 Å². The Hall–Kier alpha value is -2.14. The van der Waals surface area contributed by atoms with E-state index in [0.29, 0.717) is 17.3 Å². The first-order valence-electron chi connectivity index (χ1n) is 8.52. The second kappa shape index (κ2) is 8.49. The molecule has 134 valence electrons. The highest BCUT2D eigenvalue weighted by atomic mass is 35.5. The zero-order valence-corrected chi connectivity index (χ0v) is 16.4. The van der Waals surface area contributed by atoms with Crippen molar-refractivity contribution in [2.24, 2.45) is 0 Å². The lowest BCUT2D eigenvalue weighted by Gasteiger charge is -2.15. The number of carbonyl (C=O) groups is 1.